The van der Waals surface area contributed by atoms with E-state index in [0.717, 1.165) is 33.2 Å². The van der Waals surface area contributed by atoms with E-state index in [1.165, 1.54) is 31.5 Å². The van der Waals surface area contributed by atoms with Crippen LogP contribution in [0.4, 0.5) is 0 Å². The first-order valence-corrected chi connectivity index (χ1v) is 9.39. The molecule has 0 amide bonds. The van der Waals surface area contributed by atoms with Crippen LogP contribution in [0.3, 0.4) is 0 Å². The number of nitrogens with zero attached hydrogens (tertiary/aromatic N) is 3. The summed E-state index contributed by atoms with van der Waals surface area (Å²) in [6.45, 7) is 5.36. The zero-order valence-electron chi connectivity index (χ0n) is 14.2. The molecule has 3 aromatic rings. The number of ether oxygens (including phenoxy) is 1. The highest BCUT2D eigenvalue weighted by atomic mass is 79.9. The number of halogens is 1. The summed E-state index contributed by atoms with van der Waals surface area (Å²) in [4.78, 5) is 11.5. The summed E-state index contributed by atoms with van der Waals surface area (Å²) in [6, 6.07) is 10.1. The minimum Gasteiger partial charge on any atom is -0.437 e. The average molecular weight is 398 g/mol. The molecule has 2 aromatic heterocycles. The molecule has 1 aliphatic heterocycles. The van der Waals surface area contributed by atoms with Crippen LogP contribution in [0.1, 0.15) is 24.0 Å². The lowest BCUT2D eigenvalue weighted by Crippen LogP contribution is -2.18. The van der Waals surface area contributed by atoms with Crippen LogP contribution in [0.25, 0.3) is 10.9 Å². The van der Waals surface area contributed by atoms with Crippen LogP contribution in [-0.4, -0.2) is 28.0 Å². The fraction of sp³-hybridized carbons (Fsp3) is 0.300. The van der Waals surface area contributed by atoms with E-state index in [4.69, 9.17) is 4.74 Å². The summed E-state index contributed by atoms with van der Waals surface area (Å²) >= 11 is 3.54. The molecule has 4 rings (SSSR count). The Kier molecular flexibility index (Phi) is 4.68. The highest BCUT2D eigenvalue weighted by Crippen LogP contribution is 2.32. The fourth-order valence-corrected chi connectivity index (χ4v) is 3.59. The number of hydrogen-bond donors (Lipinski definition) is 0. The second-order valence-electron chi connectivity index (χ2n) is 6.48. The second kappa shape index (κ2) is 7.10. The van der Waals surface area contributed by atoms with Gasteiger partial charge >= 0.3 is 0 Å². The summed E-state index contributed by atoms with van der Waals surface area (Å²) in [7, 11) is 0. The first kappa shape index (κ1) is 16.5. The summed E-state index contributed by atoms with van der Waals surface area (Å²) in [5.41, 5.74) is 3.09. The predicted octanol–water partition coefficient (Wildman–Crippen LogP) is 5.09. The van der Waals surface area contributed by atoms with Gasteiger partial charge in [-0.1, -0.05) is 22.0 Å². The zero-order valence-corrected chi connectivity index (χ0v) is 15.8. The maximum atomic E-state index is 6.06. The van der Waals surface area contributed by atoms with E-state index in [0.29, 0.717) is 5.88 Å². The Morgan fingerprint density at radius 2 is 2.00 bits per heavy atom. The molecule has 128 valence electrons. The molecular formula is C20H20BrN3O. The van der Waals surface area contributed by atoms with Gasteiger partial charge in [0.1, 0.15) is 11.3 Å². The quantitative estimate of drug-likeness (QED) is 0.614. The van der Waals surface area contributed by atoms with Crippen LogP contribution in [-0.2, 0) is 6.54 Å². The van der Waals surface area contributed by atoms with Gasteiger partial charge in [0.2, 0.25) is 5.88 Å². The smallest absolute Gasteiger partial charge is 0.246 e. The lowest BCUT2D eigenvalue weighted by atomic mass is 10.2. The highest BCUT2D eigenvalue weighted by Gasteiger charge is 2.14. The summed E-state index contributed by atoms with van der Waals surface area (Å²) in [6.07, 6.45) is 6.33. The van der Waals surface area contributed by atoms with Crippen LogP contribution >= 0.6 is 15.9 Å². The van der Waals surface area contributed by atoms with Gasteiger partial charge in [-0.15, -0.1) is 0 Å². The van der Waals surface area contributed by atoms with Crippen molar-refractivity contribution in [2.75, 3.05) is 13.1 Å². The van der Waals surface area contributed by atoms with Crippen molar-refractivity contribution in [3.63, 3.8) is 0 Å². The van der Waals surface area contributed by atoms with Crippen molar-refractivity contribution in [3.05, 3.63) is 58.3 Å². The van der Waals surface area contributed by atoms with E-state index < -0.39 is 0 Å². The first-order valence-electron chi connectivity index (χ1n) is 8.60. The van der Waals surface area contributed by atoms with Crippen molar-refractivity contribution in [2.45, 2.75) is 26.3 Å². The largest absolute Gasteiger partial charge is 0.437 e. The molecular weight excluding hydrogens is 378 g/mol. The third kappa shape index (κ3) is 3.53. The Bertz CT molecular complexity index is 907. The van der Waals surface area contributed by atoms with Gasteiger partial charge in [-0.25, -0.2) is 4.98 Å². The minimum absolute atomic E-state index is 0.548. The third-order valence-corrected chi connectivity index (χ3v) is 5.51. The topological polar surface area (TPSA) is 38.2 Å². The molecule has 0 N–H and O–H groups in total. The van der Waals surface area contributed by atoms with Crippen molar-refractivity contribution in [1.29, 1.82) is 0 Å². The average Bonchev–Trinajstić information content (AvgIpc) is 3.12. The number of likely N-dealkylation sites (tertiary alicyclic amines) is 1. The Morgan fingerprint density at radius 3 is 2.84 bits per heavy atom. The molecule has 0 saturated carbocycles. The van der Waals surface area contributed by atoms with Crippen molar-refractivity contribution in [1.82, 2.24) is 14.9 Å². The number of hydrogen-bond acceptors (Lipinski definition) is 4. The Morgan fingerprint density at radius 1 is 1.16 bits per heavy atom. The van der Waals surface area contributed by atoms with E-state index in [2.05, 4.69) is 36.9 Å². The molecule has 0 aliphatic carbocycles. The highest BCUT2D eigenvalue weighted by molar-refractivity contribution is 9.10. The van der Waals surface area contributed by atoms with Crippen molar-refractivity contribution in [2.24, 2.45) is 0 Å². The number of aromatic nitrogens is 2. The van der Waals surface area contributed by atoms with Crippen LogP contribution in [0.2, 0.25) is 0 Å². The molecule has 0 radical (unpaired) electrons. The molecule has 5 heteroatoms. The van der Waals surface area contributed by atoms with Crippen LogP contribution in [0, 0.1) is 6.92 Å². The summed E-state index contributed by atoms with van der Waals surface area (Å²) in [5.74, 6) is 1.34. The Labute approximate surface area is 156 Å². The van der Waals surface area contributed by atoms with Gasteiger partial charge in [0, 0.05) is 34.4 Å². The van der Waals surface area contributed by atoms with Crippen LogP contribution in [0.5, 0.6) is 11.6 Å². The van der Waals surface area contributed by atoms with E-state index >= 15 is 0 Å². The molecule has 25 heavy (non-hydrogen) atoms. The van der Waals surface area contributed by atoms with Gasteiger partial charge < -0.3 is 4.74 Å². The van der Waals surface area contributed by atoms with Crippen molar-refractivity contribution < 1.29 is 4.74 Å². The molecule has 0 atom stereocenters. The van der Waals surface area contributed by atoms with Gasteiger partial charge in [0.15, 0.2) is 0 Å². The Balaban J connectivity index is 1.64. The van der Waals surface area contributed by atoms with Gasteiger partial charge in [0.25, 0.3) is 0 Å². The normalized spacial score (nSPS) is 15.0. The monoisotopic (exact) mass is 397 g/mol. The van der Waals surface area contributed by atoms with Gasteiger partial charge in [-0.05, 0) is 62.7 Å². The Hall–Kier alpha value is -1.98. The molecule has 1 fully saturated rings. The standard InChI is InChI=1S/C20H20BrN3O/c1-14-17(21)5-4-6-18(14)25-20-19-16(7-8-22-20)11-15(12-23-19)13-24-9-2-3-10-24/h4-8,11-12H,2-3,9-10,13H2,1H3. The molecule has 3 heterocycles. The van der Waals surface area contributed by atoms with E-state index in [1.54, 1.807) is 6.20 Å². The molecule has 1 aromatic carbocycles. The predicted molar refractivity (Wildman–Crippen MR) is 103 cm³/mol. The summed E-state index contributed by atoms with van der Waals surface area (Å²) in [5, 5.41) is 1.06. The number of rotatable bonds is 4. The maximum Gasteiger partial charge on any atom is 0.246 e. The first-order chi connectivity index (χ1) is 12.2. The fourth-order valence-electron chi connectivity index (χ4n) is 3.24. The van der Waals surface area contributed by atoms with Crippen molar-refractivity contribution >= 4 is 26.8 Å². The van der Waals surface area contributed by atoms with Gasteiger partial charge in [-0.3, -0.25) is 9.88 Å². The number of fused-ring (bicyclic) bond motifs is 1. The number of benzene rings is 1. The molecule has 4 nitrogen and oxygen atoms in total. The maximum absolute atomic E-state index is 6.06. The zero-order chi connectivity index (χ0) is 17.2. The molecule has 0 bridgehead atoms. The SMILES string of the molecule is Cc1c(Br)cccc1Oc1nccc2cc(CN3CCCC3)cnc12. The van der Waals surface area contributed by atoms with Crippen LogP contribution < -0.4 is 4.74 Å². The lowest BCUT2D eigenvalue weighted by molar-refractivity contribution is 0.331. The van der Waals surface area contributed by atoms with Gasteiger partial charge in [0.05, 0.1) is 0 Å². The number of pyridine rings is 2. The van der Waals surface area contributed by atoms with E-state index in [-0.39, 0.29) is 0 Å². The molecule has 0 spiro atoms. The minimum atomic E-state index is 0.548. The van der Waals surface area contributed by atoms with E-state index in [9.17, 15) is 0 Å². The van der Waals surface area contributed by atoms with Gasteiger partial charge in [-0.2, -0.15) is 0 Å². The van der Waals surface area contributed by atoms with Crippen LogP contribution in [0.15, 0.2) is 47.2 Å². The molecule has 1 aliphatic rings. The summed E-state index contributed by atoms with van der Waals surface area (Å²) < 4.78 is 7.08. The van der Waals surface area contributed by atoms with Crippen molar-refractivity contribution in [3.8, 4) is 11.6 Å². The lowest BCUT2D eigenvalue weighted by Gasteiger charge is -2.15. The molecule has 1 saturated heterocycles. The third-order valence-electron chi connectivity index (χ3n) is 4.65. The van der Waals surface area contributed by atoms with E-state index in [1.807, 2.05) is 37.4 Å². The second-order valence-corrected chi connectivity index (χ2v) is 7.33. The molecule has 0 unspecified atom stereocenters.